The fourth-order valence-corrected chi connectivity index (χ4v) is 2.18. The molecule has 1 N–H and O–H groups in total. The minimum absolute atomic E-state index is 0.528. The van der Waals surface area contributed by atoms with Crippen LogP contribution in [0.1, 0.15) is 37.7 Å². The molecule has 16 heavy (non-hydrogen) atoms. The van der Waals surface area contributed by atoms with Gasteiger partial charge in [0.05, 0.1) is 5.60 Å². The summed E-state index contributed by atoms with van der Waals surface area (Å²) >= 11 is 5.78. The molecule has 0 heterocycles. The third-order valence-electron chi connectivity index (χ3n) is 3.03. The van der Waals surface area contributed by atoms with Crippen LogP contribution in [0, 0.1) is 11.8 Å². The van der Waals surface area contributed by atoms with Gasteiger partial charge in [0.1, 0.15) is 0 Å². The van der Waals surface area contributed by atoms with Gasteiger partial charge in [0.2, 0.25) is 0 Å². The van der Waals surface area contributed by atoms with Crippen molar-refractivity contribution in [2.45, 2.75) is 37.7 Å². The summed E-state index contributed by atoms with van der Waals surface area (Å²) in [5.74, 6) is 6.12. The van der Waals surface area contributed by atoms with Gasteiger partial charge >= 0.3 is 0 Å². The minimum Gasteiger partial charge on any atom is -0.389 e. The summed E-state index contributed by atoms with van der Waals surface area (Å²) < 4.78 is 0. The highest BCUT2D eigenvalue weighted by Crippen LogP contribution is 2.31. The lowest BCUT2D eigenvalue weighted by Crippen LogP contribution is -2.22. The van der Waals surface area contributed by atoms with Crippen molar-refractivity contribution in [1.29, 1.82) is 0 Å². The molecule has 84 valence electrons. The molecule has 0 aliphatic heterocycles. The SMILES string of the molecule is OC1(CC#Cc2ccc(Cl)cc2)CCCC1. The fourth-order valence-electron chi connectivity index (χ4n) is 2.05. The smallest absolute Gasteiger partial charge is 0.0756 e. The first-order valence-electron chi connectivity index (χ1n) is 5.65. The molecule has 1 aromatic rings. The fraction of sp³-hybridized carbons (Fsp3) is 0.429. The number of rotatable bonds is 1. The molecule has 1 aliphatic rings. The Balaban J connectivity index is 1.97. The third-order valence-corrected chi connectivity index (χ3v) is 3.28. The van der Waals surface area contributed by atoms with E-state index < -0.39 is 5.60 Å². The largest absolute Gasteiger partial charge is 0.389 e. The second kappa shape index (κ2) is 4.91. The second-order valence-corrected chi connectivity index (χ2v) is 4.85. The van der Waals surface area contributed by atoms with E-state index in [0.29, 0.717) is 6.42 Å². The molecule has 0 spiro atoms. The molecule has 2 heteroatoms. The maximum atomic E-state index is 10.1. The van der Waals surface area contributed by atoms with Crippen LogP contribution in [-0.2, 0) is 0 Å². The summed E-state index contributed by atoms with van der Waals surface area (Å²) in [5, 5.41) is 10.8. The van der Waals surface area contributed by atoms with Gasteiger partial charge in [-0.05, 0) is 37.1 Å². The predicted octanol–water partition coefficient (Wildman–Crippen LogP) is 3.39. The molecule has 1 nitrogen and oxygen atoms in total. The molecular weight excluding hydrogens is 220 g/mol. The van der Waals surface area contributed by atoms with E-state index in [1.807, 2.05) is 24.3 Å². The van der Waals surface area contributed by atoms with Crippen molar-refractivity contribution >= 4 is 11.6 Å². The number of aliphatic hydroxyl groups is 1. The summed E-state index contributed by atoms with van der Waals surface area (Å²) in [5.41, 5.74) is 0.422. The predicted molar refractivity (Wildman–Crippen MR) is 66.4 cm³/mol. The molecule has 0 radical (unpaired) electrons. The first kappa shape index (κ1) is 11.5. The average molecular weight is 235 g/mol. The summed E-state index contributed by atoms with van der Waals surface area (Å²) in [4.78, 5) is 0. The van der Waals surface area contributed by atoms with E-state index in [4.69, 9.17) is 11.6 Å². The molecule has 0 bridgehead atoms. The first-order valence-corrected chi connectivity index (χ1v) is 6.03. The van der Waals surface area contributed by atoms with E-state index >= 15 is 0 Å². The summed E-state index contributed by atoms with van der Waals surface area (Å²) in [6, 6.07) is 7.45. The Kier molecular flexibility index (Phi) is 3.53. The molecule has 0 aromatic heterocycles. The molecule has 0 amide bonds. The zero-order valence-corrected chi connectivity index (χ0v) is 9.93. The van der Waals surface area contributed by atoms with Gasteiger partial charge in [-0.3, -0.25) is 0 Å². The van der Waals surface area contributed by atoms with Gasteiger partial charge in [-0.1, -0.05) is 36.3 Å². The lowest BCUT2D eigenvalue weighted by Gasteiger charge is -2.17. The standard InChI is InChI=1S/C14H15ClO/c15-13-7-5-12(6-8-13)4-3-11-14(16)9-1-2-10-14/h5-8,16H,1-2,9-11H2. The van der Waals surface area contributed by atoms with Crippen LogP contribution in [0.4, 0.5) is 0 Å². The van der Waals surface area contributed by atoms with Crippen LogP contribution in [0.2, 0.25) is 5.02 Å². The molecule has 2 rings (SSSR count). The Morgan fingerprint density at radius 1 is 1.19 bits per heavy atom. The normalized spacial score (nSPS) is 17.9. The van der Waals surface area contributed by atoms with Crippen molar-refractivity contribution < 1.29 is 5.11 Å². The summed E-state index contributed by atoms with van der Waals surface area (Å²) in [6.07, 6.45) is 4.61. The van der Waals surface area contributed by atoms with E-state index in [2.05, 4.69) is 11.8 Å². The van der Waals surface area contributed by atoms with Crippen LogP contribution < -0.4 is 0 Å². The van der Waals surface area contributed by atoms with Gasteiger partial charge in [-0.2, -0.15) is 0 Å². The molecular formula is C14H15ClO. The highest BCUT2D eigenvalue weighted by Gasteiger charge is 2.29. The number of benzene rings is 1. The maximum Gasteiger partial charge on any atom is 0.0756 e. The molecule has 0 saturated heterocycles. The Hall–Kier alpha value is -0.970. The van der Waals surface area contributed by atoms with Gasteiger partial charge in [-0.25, -0.2) is 0 Å². The van der Waals surface area contributed by atoms with E-state index in [0.717, 1.165) is 36.3 Å². The van der Waals surface area contributed by atoms with Crippen LogP contribution in [0.25, 0.3) is 0 Å². The van der Waals surface area contributed by atoms with Crippen molar-refractivity contribution in [1.82, 2.24) is 0 Å². The second-order valence-electron chi connectivity index (χ2n) is 4.42. The third kappa shape index (κ3) is 3.01. The molecule has 1 saturated carbocycles. The van der Waals surface area contributed by atoms with E-state index in [1.54, 1.807) is 0 Å². The number of hydrogen-bond acceptors (Lipinski definition) is 1. The zero-order valence-electron chi connectivity index (χ0n) is 9.17. The number of halogens is 1. The molecule has 1 aliphatic carbocycles. The van der Waals surface area contributed by atoms with Gasteiger partial charge in [-0.15, -0.1) is 0 Å². The van der Waals surface area contributed by atoms with Gasteiger partial charge < -0.3 is 5.11 Å². The van der Waals surface area contributed by atoms with Crippen LogP contribution >= 0.6 is 11.6 Å². The Morgan fingerprint density at radius 2 is 1.81 bits per heavy atom. The molecule has 0 atom stereocenters. The summed E-state index contributed by atoms with van der Waals surface area (Å²) in [7, 11) is 0. The molecule has 1 fully saturated rings. The van der Waals surface area contributed by atoms with Crippen LogP contribution in [-0.4, -0.2) is 10.7 Å². The lowest BCUT2D eigenvalue weighted by molar-refractivity contribution is 0.0532. The van der Waals surface area contributed by atoms with Crippen molar-refractivity contribution in [3.05, 3.63) is 34.9 Å². The zero-order chi connectivity index (χ0) is 11.4. The highest BCUT2D eigenvalue weighted by atomic mass is 35.5. The topological polar surface area (TPSA) is 20.2 Å². The minimum atomic E-state index is -0.528. The van der Waals surface area contributed by atoms with Crippen molar-refractivity contribution in [3.8, 4) is 11.8 Å². The van der Waals surface area contributed by atoms with Gasteiger partial charge in [0.25, 0.3) is 0 Å². The Morgan fingerprint density at radius 3 is 2.44 bits per heavy atom. The van der Waals surface area contributed by atoms with Crippen molar-refractivity contribution in [2.75, 3.05) is 0 Å². The van der Waals surface area contributed by atoms with E-state index in [1.165, 1.54) is 0 Å². The Labute approximate surface area is 101 Å². The van der Waals surface area contributed by atoms with Gasteiger partial charge in [0, 0.05) is 17.0 Å². The van der Waals surface area contributed by atoms with Crippen LogP contribution in [0.3, 0.4) is 0 Å². The Bertz CT molecular complexity index is 405. The molecule has 1 aromatic carbocycles. The number of hydrogen-bond donors (Lipinski definition) is 1. The van der Waals surface area contributed by atoms with Crippen LogP contribution in [0.5, 0.6) is 0 Å². The lowest BCUT2D eigenvalue weighted by atomic mass is 9.98. The highest BCUT2D eigenvalue weighted by molar-refractivity contribution is 6.30. The van der Waals surface area contributed by atoms with Crippen molar-refractivity contribution in [3.63, 3.8) is 0 Å². The maximum absolute atomic E-state index is 10.1. The van der Waals surface area contributed by atoms with Crippen LogP contribution in [0.15, 0.2) is 24.3 Å². The van der Waals surface area contributed by atoms with E-state index in [9.17, 15) is 5.11 Å². The quantitative estimate of drug-likeness (QED) is 0.739. The van der Waals surface area contributed by atoms with Crippen molar-refractivity contribution in [2.24, 2.45) is 0 Å². The van der Waals surface area contributed by atoms with E-state index in [-0.39, 0.29) is 0 Å². The van der Waals surface area contributed by atoms with Gasteiger partial charge in [0.15, 0.2) is 0 Å². The molecule has 0 unspecified atom stereocenters. The first-order chi connectivity index (χ1) is 7.68. The summed E-state index contributed by atoms with van der Waals surface area (Å²) in [6.45, 7) is 0. The average Bonchev–Trinajstić information content (AvgIpc) is 2.69. The monoisotopic (exact) mass is 234 g/mol.